The third-order valence-electron chi connectivity index (χ3n) is 2.58. The fourth-order valence-corrected chi connectivity index (χ4v) is 1.79. The van der Waals surface area contributed by atoms with Crippen LogP contribution in [-0.4, -0.2) is 28.8 Å². The van der Waals surface area contributed by atoms with E-state index in [9.17, 15) is 31.1 Å². The number of ketones is 1. The van der Waals surface area contributed by atoms with Crippen LogP contribution in [0.15, 0.2) is 18.2 Å². The third-order valence-corrected chi connectivity index (χ3v) is 3.15. The lowest BCUT2D eigenvalue weighted by atomic mass is 9.92. The molecule has 0 saturated carbocycles. The Balaban J connectivity index is 3.23. The first kappa shape index (κ1) is 18.1. The smallest absolute Gasteiger partial charge is 0.373 e. The lowest BCUT2D eigenvalue weighted by Crippen LogP contribution is -2.57. The van der Waals surface area contributed by atoms with Gasteiger partial charge in [0, 0.05) is 10.6 Å². The van der Waals surface area contributed by atoms with E-state index in [1.807, 2.05) is 0 Å². The maximum atomic E-state index is 12.5. The second-order valence-corrected chi connectivity index (χ2v) is 4.92. The van der Waals surface area contributed by atoms with Crippen LogP contribution in [0.25, 0.3) is 0 Å². The molecule has 0 bridgehead atoms. The lowest BCUT2D eigenvalue weighted by Gasteiger charge is -2.31. The van der Waals surface area contributed by atoms with Gasteiger partial charge in [-0.3, -0.25) is 4.79 Å². The summed E-state index contributed by atoms with van der Waals surface area (Å²) >= 11 is 11.0. The highest BCUT2D eigenvalue weighted by Gasteiger charge is 2.70. The van der Waals surface area contributed by atoms with Gasteiger partial charge in [-0.1, -0.05) is 23.2 Å². The summed E-state index contributed by atoms with van der Waals surface area (Å²) in [5, 5.41) is 8.44. The van der Waals surface area contributed by atoms with Crippen molar-refractivity contribution in [1.29, 1.82) is 0 Å². The highest BCUT2D eigenvalue weighted by Crippen LogP contribution is 2.46. The summed E-state index contributed by atoms with van der Waals surface area (Å²) in [6.45, 7) is 0. The van der Waals surface area contributed by atoms with E-state index in [4.69, 9.17) is 28.3 Å². The van der Waals surface area contributed by atoms with E-state index in [1.54, 1.807) is 0 Å². The Hall–Kier alpha value is -0.990. The summed E-state index contributed by atoms with van der Waals surface area (Å²) in [6.07, 6.45) is -14.4. The molecule has 0 unspecified atom stereocenters. The molecule has 0 atom stereocenters. The Morgan fingerprint density at radius 1 is 1.05 bits per heavy atom. The predicted octanol–water partition coefficient (Wildman–Crippen LogP) is 4.42. The number of aliphatic hydroxyl groups is 1. The van der Waals surface area contributed by atoms with E-state index in [1.165, 1.54) is 6.07 Å². The molecular weight excluding hydrogens is 349 g/mol. The Morgan fingerprint density at radius 3 is 1.95 bits per heavy atom. The van der Waals surface area contributed by atoms with Crippen molar-refractivity contribution < 1.29 is 36.2 Å². The van der Waals surface area contributed by atoms with Crippen molar-refractivity contribution >= 4 is 29.0 Å². The van der Waals surface area contributed by atoms with E-state index in [2.05, 4.69) is 0 Å². The number of hydrogen-bond acceptors (Lipinski definition) is 2. The van der Waals surface area contributed by atoms with Gasteiger partial charge in [0.15, 0.2) is 5.78 Å². The van der Waals surface area contributed by atoms with Crippen LogP contribution < -0.4 is 0 Å². The SMILES string of the molecule is O=C(CC(O)(C(F)(F)F)C(F)(F)F)c1cc(Cl)ccc1Cl. The van der Waals surface area contributed by atoms with Gasteiger partial charge in [-0.05, 0) is 18.2 Å². The van der Waals surface area contributed by atoms with E-state index < -0.39 is 35.7 Å². The number of alkyl halides is 6. The molecule has 0 saturated heterocycles. The summed E-state index contributed by atoms with van der Waals surface area (Å²) in [5.41, 5.74) is -5.81. The van der Waals surface area contributed by atoms with Crippen molar-refractivity contribution in [3.63, 3.8) is 0 Å². The maximum Gasteiger partial charge on any atom is 0.426 e. The van der Waals surface area contributed by atoms with Crippen LogP contribution >= 0.6 is 23.2 Å². The van der Waals surface area contributed by atoms with Crippen molar-refractivity contribution in [1.82, 2.24) is 0 Å². The minimum atomic E-state index is -6.08. The van der Waals surface area contributed by atoms with Crippen LogP contribution in [0, 0.1) is 0 Å². The normalized spacial score (nSPS) is 13.4. The molecule has 2 nitrogen and oxygen atoms in total. The summed E-state index contributed by atoms with van der Waals surface area (Å²) in [5.74, 6) is -1.64. The highest BCUT2D eigenvalue weighted by atomic mass is 35.5. The molecule has 0 aliphatic heterocycles. The number of hydrogen-bond donors (Lipinski definition) is 1. The Morgan fingerprint density at radius 2 is 1.52 bits per heavy atom. The molecule has 0 aromatic heterocycles. The van der Waals surface area contributed by atoms with Gasteiger partial charge in [0.05, 0.1) is 11.4 Å². The van der Waals surface area contributed by atoms with Gasteiger partial charge in [-0.15, -0.1) is 0 Å². The van der Waals surface area contributed by atoms with E-state index in [0.29, 0.717) is 0 Å². The fraction of sp³-hybridized carbons (Fsp3) is 0.364. The minimum Gasteiger partial charge on any atom is -0.373 e. The molecule has 1 rings (SSSR count). The monoisotopic (exact) mass is 354 g/mol. The molecule has 0 amide bonds. The molecular formula is C11H6Cl2F6O2. The molecule has 0 radical (unpaired) electrons. The van der Waals surface area contributed by atoms with Crippen molar-refractivity contribution in [3.05, 3.63) is 33.8 Å². The van der Waals surface area contributed by atoms with E-state index in [-0.39, 0.29) is 10.0 Å². The largest absolute Gasteiger partial charge is 0.426 e. The average molecular weight is 355 g/mol. The van der Waals surface area contributed by atoms with Gasteiger partial charge in [0.25, 0.3) is 5.60 Å². The van der Waals surface area contributed by atoms with Gasteiger partial charge in [0.1, 0.15) is 0 Å². The summed E-state index contributed by atoms with van der Waals surface area (Å²) in [4.78, 5) is 11.6. The predicted molar refractivity (Wildman–Crippen MR) is 62.5 cm³/mol. The van der Waals surface area contributed by atoms with Crippen molar-refractivity contribution in [2.24, 2.45) is 0 Å². The molecule has 0 spiro atoms. The minimum absolute atomic E-state index is 0.106. The number of rotatable bonds is 3. The molecule has 0 aliphatic carbocycles. The van der Waals surface area contributed by atoms with Crippen LogP contribution in [0.3, 0.4) is 0 Å². The van der Waals surface area contributed by atoms with Crippen LogP contribution in [0.5, 0.6) is 0 Å². The number of halogens is 8. The second kappa shape index (κ2) is 5.66. The molecule has 1 aromatic carbocycles. The molecule has 21 heavy (non-hydrogen) atoms. The first-order valence-corrected chi connectivity index (χ1v) is 5.89. The molecule has 118 valence electrons. The van der Waals surface area contributed by atoms with E-state index >= 15 is 0 Å². The van der Waals surface area contributed by atoms with Crippen LogP contribution in [0.1, 0.15) is 16.8 Å². The zero-order valence-electron chi connectivity index (χ0n) is 9.82. The van der Waals surface area contributed by atoms with Crippen LogP contribution in [0.4, 0.5) is 26.3 Å². The number of carbonyl (C=O) groups is 1. The number of benzene rings is 1. The standard InChI is InChI=1S/C11H6Cl2F6O2/c12-5-1-2-7(13)6(3-5)8(20)4-9(21,10(14,15)16)11(17,18)19/h1-3,21H,4H2. The summed E-state index contributed by atoms with van der Waals surface area (Å²) < 4.78 is 74.8. The zero-order chi connectivity index (χ0) is 16.6. The molecule has 10 heteroatoms. The first-order valence-electron chi connectivity index (χ1n) is 5.13. The Labute approximate surface area is 124 Å². The fourth-order valence-electron chi connectivity index (χ4n) is 1.40. The Kier molecular flexibility index (Phi) is 4.87. The van der Waals surface area contributed by atoms with Gasteiger partial charge >= 0.3 is 12.4 Å². The molecule has 1 N–H and O–H groups in total. The first-order chi connectivity index (χ1) is 9.29. The average Bonchev–Trinajstić information content (AvgIpc) is 2.29. The van der Waals surface area contributed by atoms with E-state index in [0.717, 1.165) is 12.1 Å². The molecule has 0 heterocycles. The van der Waals surface area contributed by atoms with Gasteiger partial charge in [0.2, 0.25) is 0 Å². The number of carbonyl (C=O) groups excluding carboxylic acids is 1. The summed E-state index contributed by atoms with van der Waals surface area (Å²) in [7, 11) is 0. The maximum absolute atomic E-state index is 12.5. The second-order valence-electron chi connectivity index (χ2n) is 4.08. The lowest BCUT2D eigenvalue weighted by molar-refractivity contribution is -0.365. The van der Waals surface area contributed by atoms with Crippen LogP contribution in [-0.2, 0) is 0 Å². The number of Topliss-reactive ketones (excluding diaryl/α,β-unsaturated/α-hetero) is 1. The van der Waals surface area contributed by atoms with Crippen LogP contribution in [0.2, 0.25) is 10.0 Å². The Bertz CT molecular complexity index is 539. The third kappa shape index (κ3) is 3.61. The molecule has 1 aromatic rings. The van der Waals surface area contributed by atoms with Gasteiger partial charge in [-0.25, -0.2) is 0 Å². The zero-order valence-corrected chi connectivity index (χ0v) is 11.3. The quantitative estimate of drug-likeness (QED) is 0.644. The summed E-state index contributed by atoms with van der Waals surface area (Å²) in [6, 6.07) is 3.05. The molecule has 0 aliphatic rings. The van der Waals surface area contributed by atoms with Crippen molar-refractivity contribution in [2.45, 2.75) is 24.4 Å². The highest BCUT2D eigenvalue weighted by molar-refractivity contribution is 6.35. The van der Waals surface area contributed by atoms with Gasteiger partial charge in [-0.2, -0.15) is 26.3 Å². The van der Waals surface area contributed by atoms with Gasteiger partial charge < -0.3 is 5.11 Å². The molecule has 0 fully saturated rings. The van der Waals surface area contributed by atoms with Crippen molar-refractivity contribution in [3.8, 4) is 0 Å². The van der Waals surface area contributed by atoms with Crippen molar-refractivity contribution in [2.75, 3.05) is 0 Å². The topological polar surface area (TPSA) is 37.3 Å².